The third kappa shape index (κ3) is 5.07. The normalized spacial score (nSPS) is 11.2. The highest BCUT2D eigenvalue weighted by molar-refractivity contribution is 5.95. The van der Waals surface area contributed by atoms with Crippen molar-refractivity contribution in [3.8, 4) is 5.75 Å². The predicted molar refractivity (Wildman–Crippen MR) is 65.0 cm³/mol. The summed E-state index contributed by atoms with van der Waals surface area (Å²) in [5, 5.41) is 2.57. The van der Waals surface area contributed by atoms with Crippen LogP contribution in [0.15, 0.2) is 18.2 Å². The maximum atomic E-state index is 12.0. The number of hydrogen-bond donors (Lipinski definition) is 2. The highest BCUT2D eigenvalue weighted by Gasteiger charge is 2.27. The molecule has 0 aliphatic heterocycles. The Kier molecular flexibility index (Phi) is 5.02. The Balaban J connectivity index is 2.72. The lowest BCUT2D eigenvalue weighted by molar-refractivity contribution is -0.139. The van der Waals surface area contributed by atoms with Gasteiger partial charge in [-0.05, 0) is 25.1 Å². The van der Waals surface area contributed by atoms with Crippen molar-refractivity contribution in [1.29, 1.82) is 0 Å². The number of carbonyl (C=O) groups is 1. The molecule has 3 N–H and O–H groups in total. The van der Waals surface area contributed by atoms with Crippen LogP contribution in [0.25, 0.3) is 0 Å². The lowest BCUT2D eigenvalue weighted by Crippen LogP contribution is -2.22. The third-order valence-electron chi connectivity index (χ3n) is 2.26. The van der Waals surface area contributed by atoms with Gasteiger partial charge in [-0.25, -0.2) is 0 Å². The summed E-state index contributed by atoms with van der Waals surface area (Å²) in [5.74, 6) is -0.254. The Morgan fingerprint density at radius 1 is 1.42 bits per heavy atom. The molecule has 0 aliphatic carbocycles. The SMILES string of the molecule is CCNC(=O)c1ccc(N)c(OCCC(F)(F)F)c1. The lowest BCUT2D eigenvalue weighted by Gasteiger charge is -2.12. The molecule has 19 heavy (non-hydrogen) atoms. The van der Waals surface area contributed by atoms with Crippen LogP contribution in [0, 0.1) is 0 Å². The number of rotatable bonds is 5. The molecule has 0 bridgehead atoms. The van der Waals surface area contributed by atoms with E-state index in [4.69, 9.17) is 10.5 Å². The number of amides is 1. The summed E-state index contributed by atoms with van der Waals surface area (Å²) in [6.07, 6.45) is -5.36. The molecule has 4 nitrogen and oxygen atoms in total. The molecule has 0 fully saturated rings. The molecule has 0 saturated carbocycles. The van der Waals surface area contributed by atoms with E-state index < -0.39 is 19.2 Å². The maximum Gasteiger partial charge on any atom is 0.392 e. The van der Waals surface area contributed by atoms with Gasteiger partial charge in [0, 0.05) is 12.1 Å². The molecule has 0 atom stereocenters. The molecule has 1 aromatic carbocycles. The van der Waals surface area contributed by atoms with Crippen molar-refractivity contribution in [3.63, 3.8) is 0 Å². The number of alkyl halides is 3. The fraction of sp³-hybridized carbons (Fsp3) is 0.417. The summed E-state index contributed by atoms with van der Waals surface area (Å²) >= 11 is 0. The van der Waals surface area contributed by atoms with Crippen LogP contribution >= 0.6 is 0 Å². The summed E-state index contributed by atoms with van der Waals surface area (Å²) in [7, 11) is 0. The van der Waals surface area contributed by atoms with Gasteiger partial charge in [0.25, 0.3) is 5.91 Å². The van der Waals surface area contributed by atoms with Crippen LogP contribution in [0.4, 0.5) is 18.9 Å². The summed E-state index contributed by atoms with van der Waals surface area (Å²) in [6.45, 7) is 1.68. The summed E-state index contributed by atoms with van der Waals surface area (Å²) < 4.78 is 40.9. The van der Waals surface area contributed by atoms with E-state index in [-0.39, 0.29) is 22.9 Å². The number of ether oxygens (including phenoxy) is 1. The zero-order valence-corrected chi connectivity index (χ0v) is 10.4. The smallest absolute Gasteiger partial charge is 0.392 e. The minimum atomic E-state index is -4.29. The summed E-state index contributed by atoms with van der Waals surface area (Å²) in [6, 6.07) is 4.24. The topological polar surface area (TPSA) is 64.4 Å². The molecule has 1 amide bonds. The van der Waals surface area contributed by atoms with Crippen molar-refractivity contribution in [1.82, 2.24) is 5.32 Å². The van der Waals surface area contributed by atoms with Crippen LogP contribution in [-0.4, -0.2) is 25.2 Å². The molecule has 0 aromatic heterocycles. The number of benzene rings is 1. The van der Waals surface area contributed by atoms with E-state index in [0.717, 1.165) is 0 Å². The van der Waals surface area contributed by atoms with E-state index in [1.165, 1.54) is 18.2 Å². The van der Waals surface area contributed by atoms with Gasteiger partial charge >= 0.3 is 6.18 Å². The van der Waals surface area contributed by atoms with E-state index in [0.29, 0.717) is 6.54 Å². The fourth-order valence-corrected chi connectivity index (χ4v) is 1.34. The number of halogens is 3. The molecule has 0 aliphatic rings. The van der Waals surface area contributed by atoms with Crippen LogP contribution in [0.3, 0.4) is 0 Å². The second-order valence-electron chi connectivity index (χ2n) is 3.83. The van der Waals surface area contributed by atoms with E-state index in [9.17, 15) is 18.0 Å². The lowest BCUT2D eigenvalue weighted by atomic mass is 10.2. The third-order valence-corrected chi connectivity index (χ3v) is 2.26. The average Bonchev–Trinajstić information content (AvgIpc) is 2.30. The first kappa shape index (κ1) is 15.1. The molecule has 0 heterocycles. The number of hydrogen-bond acceptors (Lipinski definition) is 3. The Labute approximate surface area is 108 Å². The zero-order valence-electron chi connectivity index (χ0n) is 10.4. The number of carbonyl (C=O) groups excluding carboxylic acids is 1. The summed E-state index contributed by atoms with van der Waals surface area (Å²) in [5.41, 5.74) is 6.06. The minimum absolute atomic E-state index is 0.0769. The quantitative estimate of drug-likeness (QED) is 0.811. The molecule has 0 unspecified atom stereocenters. The Morgan fingerprint density at radius 3 is 2.68 bits per heavy atom. The molecule has 0 saturated heterocycles. The molecule has 0 spiro atoms. The monoisotopic (exact) mass is 276 g/mol. The van der Waals surface area contributed by atoms with E-state index in [2.05, 4.69) is 5.32 Å². The van der Waals surface area contributed by atoms with Crippen molar-refractivity contribution < 1.29 is 22.7 Å². The molecular weight excluding hydrogens is 261 g/mol. The first-order chi connectivity index (χ1) is 8.83. The Bertz CT molecular complexity index is 447. The van der Waals surface area contributed by atoms with Gasteiger partial charge in [-0.1, -0.05) is 0 Å². The number of nitrogens with one attached hydrogen (secondary N) is 1. The second kappa shape index (κ2) is 6.31. The van der Waals surface area contributed by atoms with Gasteiger partial charge in [-0.15, -0.1) is 0 Å². The number of anilines is 1. The van der Waals surface area contributed by atoms with Crippen LogP contribution in [0.2, 0.25) is 0 Å². The standard InChI is InChI=1S/C12H15F3N2O2/c1-2-17-11(18)8-3-4-9(16)10(7-8)19-6-5-12(13,14)15/h3-4,7H,2,5-6,16H2,1H3,(H,17,18). The fourth-order valence-electron chi connectivity index (χ4n) is 1.34. The van der Waals surface area contributed by atoms with Crippen LogP contribution in [0.5, 0.6) is 5.75 Å². The van der Waals surface area contributed by atoms with Crippen LogP contribution in [0.1, 0.15) is 23.7 Å². The van der Waals surface area contributed by atoms with E-state index in [1.54, 1.807) is 6.92 Å². The maximum absolute atomic E-state index is 12.0. The molecule has 0 radical (unpaired) electrons. The van der Waals surface area contributed by atoms with E-state index >= 15 is 0 Å². The number of nitrogens with two attached hydrogens (primary N) is 1. The average molecular weight is 276 g/mol. The first-order valence-corrected chi connectivity index (χ1v) is 5.70. The Morgan fingerprint density at radius 2 is 2.11 bits per heavy atom. The highest BCUT2D eigenvalue weighted by atomic mass is 19.4. The van der Waals surface area contributed by atoms with Crippen molar-refractivity contribution >= 4 is 11.6 Å². The van der Waals surface area contributed by atoms with Crippen molar-refractivity contribution in [3.05, 3.63) is 23.8 Å². The largest absolute Gasteiger partial charge is 0.491 e. The first-order valence-electron chi connectivity index (χ1n) is 5.70. The molecule has 1 rings (SSSR count). The van der Waals surface area contributed by atoms with Gasteiger partial charge in [-0.2, -0.15) is 13.2 Å². The van der Waals surface area contributed by atoms with E-state index in [1.807, 2.05) is 0 Å². The van der Waals surface area contributed by atoms with Gasteiger partial charge in [-0.3, -0.25) is 4.79 Å². The molecule has 7 heteroatoms. The van der Waals surface area contributed by atoms with Crippen LogP contribution < -0.4 is 15.8 Å². The molecule has 1 aromatic rings. The predicted octanol–water partition coefficient (Wildman–Crippen LogP) is 2.35. The minimum Gasteiger partial charge on any atom is -0.491 e. The Hall–Kier alpha value is -1.92. The van der Waals surface area contributed by atoms with Crippen molar-refractivity contribution in [2.75, 3.05) is 18.9 Å². The van der Waals surface area contributed by atoms with Gasteiger partial charge in [0.05, 0.1) is 18.7 Å². The van der Waals surface area contributed by atoms with Gasteiger partial charge in [0.15, 0.2) is 0 Å². The second-order valence-corrected chi connectivity index (χ2v) is 3.83. The van der Waals surface area contributed by atoms with Gasteiger partial charge in [0.2, 0.25) is 0 Å². The highest BCUT2D eigenvalue weighted by Crippen LogP contribution is 2.25. The number of nitrogen functional groups attached to an aromatic ring is 1. The zero-order chi connectivity index (χ0) is 14.5. The van der Waals surface area contributed by atoms with Gasteiger partial charge in [0.1, 0.15) is 5.75 Å². The van der Waals surface area contributed by atoms with Crippen LogP contribution in [-0.2, 0) is 0 Å². The van der Waals surface area contributed by atoms with Crippen molar-refractivity contribution in [2.45, 2.75) is 19.5 Å². The molecule has 106 valence electrons. The molecular formula is C12H15F3N2O2. The summed E-state index contributed by atoms with van der Waals surface area (Å²) in [4.78, 5) is 11.6. The van der Waals surface area contributed by atoms with Gasteiger partial charge < -0.3 is 15.8 Å². The van der Waals surface area contributed by atoms with Crippen molar-refractivity contribution in [2.24, 2.45) is 0 Å².